The smallest absolute Gasteiger partial charge is 0.319 e. The summed E-state index contributed by atoms with van der Waals surface area (Å²) in [4.78, 5) is 23.8. The van der Waals surface area contributed by atoms with Gasteiger partial charge >= 0.3 is 5.97 Å². The maximum atomic E-state index is 12.1. The summed E-state index contributed by atoms with van der Waals surface area (Å²) in [5.74, 6) is -0.667. The molecule has 1 aliphatic rings. The van der Waals surface area contributed by atoms with Crippen LogP contribution in [0.25, 0.3) is 0 Å². The molecule has 1 rings (SSSR count). The highest BCUT2D eigenvalue weighted by atomic mass is 16.5. The molecule has 1 fully saturated rings. The Labute approximate surface area is 115 Å². The number of hydrogen-bond acceptors (Lipinski definition) is 4. The van der Waals surface area contributed by atoms with Crippen LogP contribution in [0.4, 0.5) is 0 Å². The zero-order valence-electron chi connectivity index (χ0n) is 12.4. The van der Waals surface area contributed by atoms with Crippen molar-refractivity contribution in [2.24, 2.45) is 5.41 Å². The fraction of sp³-hybridized carbons (Fsp3) is 0.867. The fourth-order valence-electron chi connectivity index (χ4n) is 2.21. The number of Topliss-reactive ketones (excluding diaryl/α,β-unsaturated/α-hetero) is 1. The van der Waals surface area contributed by atoms with Gasteiger partial charge in [0.1, 0.15) is 12.0 Å². The second-order valence-corrected chi connectivity index (χ2v) is 5.69. The molecule has 19 heavy (non-hydrogen) atoms. The Balaban J connectivity index is 2.42. The summed E-state index contributed by atoms with van der Waals surface area (Å²) < 4.78 is 10.6. The minimum atomic E-state index is -1.11. The Morgan fingerprint density at radius 1 is 1.11 bits per heavy atom. The molecule has 0 spiro atoms. The molecule has 110 valence electrons. The highest BCUT2D eigenvalue weighted by Gasteiger charge is 2.37. The van der Waals surface area contributed by atoms with Crippen molar-refractivity contribution < 1.29 is 19.1 Å². The molecule has 0 aromatic heterocycles. The summed E-state index contributed by atoms with van der Waals surface area (Å²) in [5.41, 5.74) is -1.11. The lowest BCUT2D eigenvalue weighted by atomic mass is 9.88. The Morgan fingerprint density at radius 2 is 1.68 bits per heavy atom. The zero-order chi connectivity index (χ0) is 14.3. The number of hydrogen-bond donors (Lipinski definition) is 0. The molecule has 0 aromatic carbocycles. The largest absolute Gasteiger partial charge is 0.465 e. The molecule has 0 N–H and O–H groups in total. The van der Waals surface area contributed by atoms with Gasteiger partial charge in [0.2, 0.25) is 0 Å². The van der Waals surface area contributed by atoms with Crippen LogP contribution in [0.3, 0.4) is 0 Å². The number of esters is 1. The van der Waals surface area contributed by atoms with E-state index < -0.39 is 11.4 Å². The predicted octanol–water partition coefficient (Wildman–Crippen LogP) is 2.88. The molecular weight excluding hydrogens is 244 g/mol. The van der Waals surface area contributed by atoms with Gasteiger partial charge in [-0.1, -0.05) is 25.7 Å². The van der Waals surface area contributed by atoms with Crippen LogP contribution in [0.15, 0.2) is 0 Å². The molecule has 1 saturated carbocycles. The van der Waals surface area contributed by atoms with E-state index in [2.05, 4.69) is 0 Å². The number of rotatable bonds is 6. The maximum Gasteiger partial charge on any atom is 0.319 e. The Morgan fingerprint density at radius 3 is 2.21 bits per heavy atom. The molecule has 1 aliphatic carbocycles. The summed E-state index contributed by atoms with van der Waals surface area (Å²) in [5, 5.41) is 0. The van der Waals surface area contributed by atoms with E-state index in [9.17, 15) is 9.59 Å². The van der Waals surface area contributed by atoms with Crippen molar-refractivity contribution in [2.75, 3.05) is 13.2 Å². The van der Waals surface area contributed by atoms with Gasteiger partial charge < -0.3 is 9.47 Å². The Bertz CT molecular complexity index is 301. The second-order valence-electron chi connectivity index (χ2n) is 5.69. The van der Waals surface area contributed by atoms with E-state index in [4.69, 9.17) is 9.47 Å². The molecular formula is C15H26O4. The first kappa shape index (κ1) is 16.2. The monoisotopic (exact) mass is 270 g/mol. The molecule has 0 unspecified atom stereocenters. The van der Waals surface area contributed by atoms with E-state index in [1.165, 1.54) is 25.7 Å². The van der Waals surface area contributed by atoms with Gasteiger partial charge in [0.25, 0.3) is 0 Å². The van der Waals surface area contributed by atoms with Gasteiger partial charge in [-0.3, -0.25) is 9.59 Å². The van der Waals surface area contributed by atoms with Crippen LogP contribution in [-0.4, -0.2) is 31.1 Å². The van der Waals surface area contributed by atoms with Crippen molar-refractivity contribution in [1.29, 1.82) is 0 Å². The molecule has 0 bridgehead atoms. The van der Waals surface area contributed by atoms with Crippen molar-refractivity contribution in [2.45, 2.75) is 65.4 Å². The minimum Gasteiger partial charge on any atom is -0.465 e. The highest BCUT2D eigenvalue weighted by molar-refractivity contribution is 6.03. The van der Waals surface area contributed by atoms with Crippen molar-refractivity contribution in [3.63, 3.8) is 0 Å². The minimum absolute atomic E-state index is 0.0104. The summed E-state index contributed by atoms with van der Waals surface area (Å²) in [6, 6.07) is 0. The van der Waals surface area contributed by atoms with E-state index in [1.54, 1.807) is 20.8 Å². The van der Waals surface area contributed by atoms with Crippen LogP contribution in [-0.2, 0) is 19.1 Å². The molecule has 0 amide bonds. The maximum absolute atomic E-state index is 12.1. The van der Waals surface area contributed by atoms with E-state index in [-0.39, 0.29) is 18.5 Å². The number of ketones is 1. The van der Waals surface area contributed by atoms with Gasteiger partial charge in [0, 0.05) is 0 Å². The second kappa shape index (κ2) is 7.63. The normalized spacial score (nSPS) is 17.8. The lowest BCUT2D eigenvalue weighted by Gasteiger charge is -2.22. The quantitative estimate of drug-likeness (QED) is 0.423. The van der Waals surface area contributed by atoms with Crippen molar-refractivity contribution in [3.8, 4) is 0 Å². The topological polar surface area (TPSA) is 52.6 Å². The van der Waals surface area contributed by atoms with E-state index in [1.807, 2.05) is 0 Å². The molecule has 0 heterocycles. The standard InChI is InChI=1S/C15H26O4/c1-4-18-14(17)15(2,3)13(16)11-19-12-9-7-5-6-8-10-12/h12H,4-11H2,1-3H3. The third-order valence-electron chi connectivity index (χ3n) is 3.74. The van der Waals surface area contributed by atoms with E-state index >= 15 is 0 Å². The van der Waals surface area contributed by atoms with E-state index in [0.29, 0.717) is 6.61 Å². The van der Waals surface area contributed by atoms with Crippen molar-refractivity contribution >= 4 is 11.8 Å². The molecule has 0 radical (unpaired) electrons. The summed E-state index contributed by atoms with van der Waals surface area (Å²) in [7, 11) is 0. The molecule has 4 nitrogen and oxygen atoms in total. The van der Waals surface area contributed by atoms with Crippen LogP contribution in [0, 0.1) is 5.41 Å². The van der Waals surface area contributed by atoms with E-state index in [0.717, 1.165) is 12.8 Å². The van der Waals surface area contributed by atoms with Crippen molar-refractivity contribution in [3.05, 3.63) is 0 Å². The van der Waals surface area contributed by atoms with Crippen LogP contribution in [0.2, 0.25) is 0 Å². The Hall–Kier alpha value is -0.900. The fourth-order valence-corrected chi connectivity index (χ4v) is 2.21. The molecule has 4 heteroatoms. The Kier molecular flexibility index (Phi) is 6.49. The first-order chi connectivity index (χ1) is 8.98. The molecule has 0 aromatic rings. The van der Waals surface area contributed by atoms with Crippen LogP contribution in [0.1, 0.15) is 59.3 Å². The highest BCUT2D eigenvalue weighted by Crippen LogP contribution is 2.22. The van der Waals surface area contributed by atoms with Gasteiger partial charge in [-0.2, -0.15) is 0 Å². The van der Waals surface area contributed by atoms with Crippen molar-refractivity contribution in [1.82, 2.24) is 0 Å². The third-order valence-corrected chi connectivity index (χ3v) is 3.74. The lowest BCUT2D eigenvalue weighted by Crippen LogP contribution is -2.38. The zero-order valence-corrected chi connectivity index (χ0v) is 12.4. The molecule has 0 atom stereocenters. The van der Waals surface area contributed by atoms with Crippen LogP contribution >= 0.6 is 0 Å². The average molecular weight is 270 g/mol. The summed E-state index contributed by atoms with van der Waals surface area (Å²) >= 11 is 0. The summed E-state index contributed by atoms with van der Waals surface area (Å²) in [6.07, 6.45) is 7.05. The van der Waals surface area contributed by atoms with Gasteiger partial charge in [0.15, 0.2) is 5.78 Å². The third kappa shape index (κ3) is 4.94. The average Bonchev–Trinajstić information content (AvgIpc) is 2.64. The number of carbonyl (C=O) groups excluding carboxylic acids is 2. The SMILES string of the molecule is CCOC(=O)C(C)(C)C(=O)COC1CCCCCC1. The first-order valence-corrected chi connectivity index (χ1v) is 7.30. The van der Waals surface area contributed by atoms with Crippen LogP contribution < -0.4 is 0 Å². The number of carbonyl (C=O) groups is 2. The van der Waals surface area contributed by atoms with Crippen LogP contribution in [0.5, 0.6) is 0 Å². The molecule has 0 saturated heterocycles. The molecule has 0 aliphatic heterocycles. The lowest BCUT2D eigenvalue weighted by molar-refractivity contribution is -0.160. The van der Waals surface area contributed by atoms with Gasteiger partial charge in [-0.15, -0.1) is 0 Å². The summed E-state index contributed by atoms with van der Waals surface area (Å²) in [6.45, 7) is 5.24. The van der Waals surface area contributed by atoms with Gasteiger partial charge in [-0.05, 0) is 33.6 Å². The number of ether oxygens (including phenoxy) is 2. The van der Waals surface area contributed by atoms with Gasteiger partial charge in [-0.25, -0.2) is 0 Å². The first-order valence-electron chi connectivity index (χ1n) is 7.30. The predicted molar refractivity (Wildman–Crippen MR) is 72.9 cm³/mol. The van der Waals surface area contributed by atoms with Gasteiger partial charge in [0.05, 0.1) is 12.7 Å².